The summed E-state index contributed by atoms with van der Waals surface area (Å²) >= 11 is 0. The smallest absolute Gasteiger partial charge is 0.384 e. The van der Waals surface area contributed by atoms with Gasteiger partial charge in [0.05, 0.1) is 11.1 Å². The van der Waals surface area contributed by atoms with Crippen molar-refractivity contribution < 1.29 is 18.0 Å². The first-order chi connectivity index (χ1) is 9.84. The third-order valence-corrected chi connectivity index (χ3v) is 3.56. The quantitative estimate of drug-likeness (QED) is 0.898. The van der Waals surface area contributed by atoms with Crippen LogP contribution in [0.15, 0.2) is 18.2 Å². The topological polar surface area (TPSA) is 32.3 Å². The van der Waals surface area contributed by atoms with Crippen molar-refractivity contribution in [1.29, 1.82) is 0 Å². The molecule has 1 amide bonds. The van der Waals surface area contributed by atoms with E-state index in [1.807, 2.05) is 6.92 Å². The van der Waals surface area contributed by atoms with Crippen molar-refractivity contribution >= 4 is 11.6 Å². The lowest BCUT2D eigenvalue weighted by atomic mass is 10.1. The zero-order valence-corrected chi connectivity index (χ0v) is 12.1. The van der Waals surface area contributed by atoms with Crippen LogP contribution in [0.25, 0.3) is 0 Å². The number of nitrogens with zero attached hydrogens (tertiary/aromatic N) is 1. The van der Waals surface area contributed by atoms with Gasteiger partial charge in [-0.15, -0.1) is 0 Å². The van der Waals surface area contributed by atoms with E-state index in [-0.39, 0.29) is 17.5 Å². The van der Waals surface area contributed by atoms with Gasteiger partial charge in [0.1, 0.15) is 0 Å². The van der Waals surface area contributed by atoms with Gasteiger partial charge in [0, 0.05) is 25.3 Å². The van der Waals surface area contributed by atoms with Gasteiger partial charge in [-0.1, -0.05) is 6.92 Å². The first-order valence-corrected chi connectivity index (χ1v) is 7.07. The number of carbonyl (C=O) groups is 1. The Morgan fingerprint density at radius 2 is 2.05 bits per heavy atom. The number of anilines is 1. The minimum absolute atomic E-state index is 0.0904. The molecular weight excluding hydrogens is 281 g/mol. The second kappa shape index (κ2) is 5.95. The van der Waals surface area contributed by atoms with Crippen LogP contribution in [0.4, 0.5) is 18.9 Å². The maximum absolute atomic E-state index is 12.8. The number of hydrogen-bond acceptors (Lipinski definition) is 2. The van der Waals surface area contributed by atoms with Crippen molar-refractivity contribution in [3.63, 3.8) is 0 Å². The zero-order valence-electron chi connectivity index (χ0n) is 12.1. The first-order valence-electron chi connectivity index (χ1n) is 7.07. The molecule has 0 aliphatic heterocycles. The molecule has 1 aromatic rings. The van der Waals surface area contributed by atoms with E-state index in [4.69, 9.17) is 0 Å². The second-order valence-corrected chi connectivity index (χ2v) is 5.33. The molecule has 21 heavy (non-hydrogen) atoms. The normalized spacial score (nSPS) is 14.9. The molecule has 0 saturated heterocycles. The fourth-order valence-corrected chi connectivity index (χ4v) is 2.13. The largest absolute Gasteiger partial charge is 0.416 e. The van der Waals surface area contributed by atoms with Gasteiger partial charge in [0.2, 0.25) is 0 Å². The summed E-state index contributed by atoms with van der Waals surface area (Å²) in [5, 5.41) is 3.02. The molecule has 0 bridgehead atoms. The monoisotopic (exact) mass is 300 g/mol. The van der Waals surface area contributed by atoms with Gasteiger partial charge in [0.25, 0.3) is 5.91 Å². The molecule has 2 rings (SSSR count). The lowest BCUT2D eigenvalue weighted by molar-refractivity contribution is -0.137. The highest BCUT2D eigenvalue weighted by Gasteiger charge is 2.34. The second-order valence-electron chi connectivity index (χ2n) is 5.33. The van der Waals surface area contributed by atoms with E-state index < -0.39 is 11.7 Å². The zero-order chi connectivity index (χ0) is 15.6. The molecule has 0 unspecified atom stereocenters. The van der Waals surface area contributed by atoms with Crippen molar-refractivity contribution in [2.45, 2.75) is 38.4 Å². The Bertz CT molecular complexity index is 524. The molecular formula is C15H19F3N2O. The van der Waals surface area contributed by atoms with E-state index in [0.29, 0.717) is 12.2 Å². The molecule has 0 atom stereocenters. The van der Waals surface area contributed by atoms with Gasteiger partial charge in [-0.05, 0) is 37.5 Å². The average molecular weight is 300 g/mol. The number of hydrogen-bond donors (Lipinski definition) is 1. The molecule has 1 aliphatic rings. The van der Waals surface area contributed by atoms with E-state index >= 15 is 0 Å². The van der Waals surface area contributed by atoms with Crippen molar-refractivity contribution in [3.8, 4) is 0 Å². The lowest BCUT2D eigenvalue weighted by Gasteiger charge is -2.20. The van der Waals surface area contributed by atoms with E-state index in [9.17, 15) is 18.0 Å². The average Bonchev–Trinajstić information content (AvgIpc) is 3.26. The minimum Gasteiger partial charge on any atom is -0.384 e. The highest BCUT2D eigenvalue weighted by Crippen LogP contribution is 2.33. The number of amides is 1. The van der Waals surface area contributed by atoms with E-state index in [1.165, 1.54) is 11.0 Å². The summed E-state index contributed by atoms with van der Waals surface area (Å²) in [4.78, 5) is 13.9. The van der Waals surface area contributed by atoms with E-state index in [1.54, 1.807) is 7.05 Å². The van der Waals surface area contributed by atoms with Gasteiger partial charge in [-0.25, -0.2) is 0 Å². The van der Waals surface area contributed by atoms with Crippen LogP contribution in [-0.2, 0) is 6.18 Å². The highest BCUT2D eigenvalue weighted by molar-refractivity contribution is 6.00. The Morgan fingerprint density at radius 1 is 1.38 bits per heavy atom. The van der Waals surface area contributed by atoms with Crippen LogP contribution in [0.3, 0.4) is 0 Å². The number of alkyl halides is 3. The van der Waals surface area contributed by atoms with Crippen LogP contribution in [0, 0.1) is 0 Å². The van der Waals surface area contributed by atoms with Crippen LogP contribution in [-0.4, -0.2) is 30.4 Å². The predicted molar refractivity (Wildman–Crippen MR) is 75.3 cm³/mol. The SMILES string of the molecule is CCCNc1ccc(C(F)(F)F)cc1C(=O)N(C)C1CC1. The molecule has 1 aromatic carbocycles. The lowest BCUT2D eigenvalue weighted by Crippen LogP contribution is -2.29. The van der Waals surface area contributed by atoms with Gasteiger partial charge in [-0.2, -0.15) is 13.2 Å². The standard InChI is InChI=1S/C15H19F3N2O/c1-3-8-19-13-7-4-10(15(16,17)18)9-12(13)14(21)20(2)11-5-6-11/h4,7,9,11,19H,3,5-6,8H2,1-2H3. The number of nitrogens with one attached hydrogen (secondary N) is 1. The fraction of sp³-hybridized carbons (Fsp3) is 0.533. The molecule has 1 fully saturated rings. The predicted octanol–water partition coefficient (Wildman–Crippen LogP) is 3.76. The maximum Gasteiger partial charge on any atom is 0.416 e. The molecule has 0 radical (unpaired) electrons. The Hall–Kier alpha value is -1.72. The Labute approximate surface area is 122 Å². The van der Waals surface area contributed by atoms with E-state index in [2.05, 4.69) is 5.32 Å². The van der Waals surface area contributed by atoms with Gasteiger partial charge in [-0.3, -0.25) is 4.79 Å². The third kappa shape index (κ3) is 3.68. The molecule has 0 aromatic heterocycles. The van der Waals surface area contributed by atoms with Crippen molar-refractivity contribution in [1.82, 2.24) is 4.90 Å². The summed E-state index contributed by atoms with van der Waals surface area (Å²) in [6.45, 7) is 2.56. The Morgan fingerprint density at radius 3 is 2.57 bits per heavy atom. The summed E-state index contributed by atoms with van der Waals surface area (Å²) in [6, 6.07) is 3.45. The van der Waals surface area contributed by atoms with Crippen LogP contribution in [0.2, 0.25) is 0 Å². The van der Waals surface area contributed by atoms with Crippen molar-refractivity contribution in [3.05, 3.63) is 29.3 Å². The molecule has 1 aliphatic carbocycles. The molecule has 0 spiro atoms. The van der Waals surface area contributed by atoms with Gasteiger partial charge < -0.3 is 10.2 Å². The van der Waals surface area contributed by atoms with E-state index in [0.717, 1.165) is 31.4 Å². The number of carbonyl (C=O) groups excluding carboxylic acids is 1. The van der Waals surface area contributed by atoms with Crippen LogP contribution in [0.1, 0.15) is 42.1 Å². The summed E-state index contributed by atoms with van der Waals surface area (Å²) in [6.07, 6.45) is -1.79. The molecule has 1 saturated carbocycles. The molecule has 3 nitrogen and oxygen atoms in total. The number of rotatable bonds is 5. The Kier molecular flexibility index (Phi) is 4.44. The van der Waals surface area contributed by atoms with Crippen LogP contribution >= 0.6 is 0 Å². The van der Waals surface area contributed by atoms with Crippen molar-refractivity contribution in [2.75, 3.05) is 18.9 Å². The van der Waals surface area contributed by atoms with Crippen molar-refractivity contribution in [2.24, 2.45) is 0 Å². The van der Waals surface area contributed by atoms with Gasteiger partial charge in [0.15, 0.2) is 0 Å². The fourth-order valence-electron chi connectivity index (χ4n) is 2.13. The highest BCUT2D eigenvalue weighted by atomic mass is 19.4. The number of halogens is 3. The summed E-state index contributed by atoms with van der Waals surface area (Å²) in [7, 11) is 1.64. The number of benzene rings is 1. The third-order valence-electron chi connectivity index (χ3n) is 3.56. The van der Waals surface area contributed by atoms with Crippen LogP contribution < -0.4 is 5.32 Å². The summed E-state index contributed by atoms with van der Waals surface area (Å²) < 4.78 is 38.5. The molecule has 116 valence electrons. The molecule has 0 heterocycles. The Balaban J connectivity index is 2.34. The first kappa shape index (κ1) is 15.7. The van der Waals surface area contributed by atoms with Crippen LogP contribution in [0.5, 0.6) is 0 Å². The summed E-state index contributed by atoms with van der Waals surface area (Å²) in [5.41, 5.74) is -0.243. The molecule has 1 N–H and O–H groups in total. The maximum atomic E-state index is 12.8. The molecule has 6 heteroatoms. The van der Waals surface area contributed by atoms with Gasteiger partial charge >= 0.3 is 6.18 Å². The summed E-state index contributed by atoms with van der Waals surface area (Å²) in [5.74, 6) is -0.359. The minimum atomic E-state index is -4.45.